The second kappa shape index (κ2) is 5.72. The van der Waals surface area contributed by atoms with Gasteiger partial charge in [-0.3, -0.25) is 0 Å². The van der Waals surface area contributed by atoms with Crippen molar-refractivity contribution in [3.63, 3.8) is 0 Å². The van der Waals surface area contributed by atoms with Gasteiger partial charge < -0.3 is 14.3 Å². The van der Waals surface area contributed by atoms with Crippen molar-refractivity contribution in [1.82, 2.24) is 0 Å². The fraction of sp³-hybridized carbons (Fsp3) is 0.792. The molecule has 1 aromatic heterocycles. The summed E-state index contributed by atoms with van der Waals surface area (Å²) >= 11 is 0. The molecular weight excluding hydrogens is 352 g/mol. The third kappa shape index (κ3) is 2.17. The molecule has 1 unspecified atom stereocenters. The molecule has 6 rings (SSSR count). The summed E-state index contributed by atoms with van der Waals surface area (Å²) in [6.45, 7) is 4.96. The predicted molar refractivity (Wildman–Crippen MR) is 105 cm³/mol. The van der Waals surface area contributed by atoms with E-state index >= 15 is 0 Å². The second-order valence-corrected chi connectivity index (χ2v) is 10.9. The van der Waals surface area contributed by atoms with Crippen molar-refractivity contribution < 1.29 is 14.3 Å². The maximum Gasteiger partial charge on any atom is 0.335 e. The van der Waals surface area contributed by atoms with Gasteiger partial charge in [0.25, 0.3) is 0 Å². The van der Waals surface area contributed by atoms with Crippen LogP contribution in [0.4, 0.5) is 0 Å². The van der Waals surface area contributed by atoms with Crippen molar-refractivity contribution in [2.24, 2.45) is 35.0 Å². The Balaban J connectivity index is 1.35. The summed E-state index contributed by atoms with van der Waals surface area (Å²) in [6, 6.07) is 3.55. The number of ether oxygens (including phenoxy) is 1. The summed E-state index contributed by atoms with van der Waals surface area (Å²) in [6.07, 6.45) is 10.0. The van der Waals surface area contributed by atoms with Crippen LogP contribution in [0.15, 0.2) is 27.6 Å². The van der Waals surface area contributed by atoms with Crippen molar-refractivity contribution >= 4 is 0 Å². The Morgan fingerprint density at radius 3 is 2.75 bits per heavy atom. The van der Waals surface area contributed by atoms with E-state index in [1.807, 2.05) is 6.07 Å². The van der Waals surface area contributed by atoms with Crippen molar-refractivity contribution in [1.29, 1.82) is 0 Å². The Morgan fingerprint density at radius 1 is 1.11 bits per heavy atom. The molecule has 4 aliphatic carbocycles. The number of epoxide rings is 1. The van der Waals surface area contributed by atoms with E-state index in [2.05, 4.69) is 13.8 Å². The normalized spacial score (nSPS) is 54.2. The van der Waals surface area contributed by atoms with Gasteiger partial charge in [0.15, 0.2) is 0 Å². The van der Waals surface area contributed by atoms with Gasteiger partial charge in [-0.05, 0) is 91.6 Å². The van der Waals surface area contributed by atoms with Gasteiger partial charge in [-0.2, -0.15) is 0 Å². The minimum atomic E-state index is -0.264. The molecular formula is C24H32O4. The molecule has 4 saturated carbocycles. The smallest absolute Gasteiger partial charge is 0.335 e. The van der Waals surface area contributed by atoms with E-state index in [0.717, 1.165) is 25.2 Å². The van der Waals surface area contributed by atoms with E-state index in [1.54, 1.807) is 12.3 Å². The first-order valence-electron chi connectivity index (χ1n) is 11.4. The van der Waals surface area contributed by atoms with E-state index in [-0.39, 0.29) is 17.3 Å². The highest BCUT2D eigenvalue weighted by Crippen LogP contribution is 2.74. The molecule has 0 aromatic carbocycles. The highest BCUT2D eigenvalue weighted by atomic mass is 16.6. The fourth-order valence-electron chi connectivity index (χ4n) is 8.66. The van der Waals surface area contributed by atoms with Crippen LogP contribution >= 0.6 is 0 Å². The molecule has 0 amide bonds. The molecule has 0 bridgehead atoms. The van der Waals surface area contributed by atoms with Crippen LogP contribution in [0.25, 0.3) is 0 Å². The van der Waals surface area contributed by atoms with Gasteiger partial charge in [0.05, 0.1) is 18.5 Å². The third-order valence-corrected chi connectivity index (χ3v) is 9.85. The van der Waals surface area contributed by atoms with Gasteiger partial charge in [0, 0.05) is 12.0 Å². The Labute approximate surface area is 166 Å². The first kappa shape index (κ1) is 17.7. The summed E-state index contributed by atoms with van der Waals surface area (Å²) in [5, 5.41) is 10.2. The number of aliphatic hydroxyl groups excluding tert-OH is 1. The number of hydrogen-bond donors (Lipinski definition) is 1. The largest absolute Gasteiger partial charge is 0.431 e. The van der Waals surface area contributed by atoms with Gasteiger partial charge in [-0.25, -0.2) is 4.79 Å². The van der Waals surface area contributed by atoms with Gasteiger partial charge in [0.2, 0.25) is 0 Å². The Bertz CT molecular complexity index is 827. The summed E-state index contributed by atoms with van der Waals surface area (Å²) in [5.74, 6) is 3.68. The summed E-state index contributed by atoms with van der Waals surface area (Å²) in [4.78, 5) is 11.4. The maximum atomic E-state index is 11.4. The molecule has 5 fully saturated rings. The molecule has 1 spiro atoms. The number of hydrogen-bond acceptors (Lipinski definition) is 4. The lowest BCUT2D eigenvalue weighted by molar-refractivity contribution is -0.131. The maximum absolute atomic E-state index is 11.4. The molecule has 28 heavy (non-hydrogen) atoms. The number of fused-ring (bicyclic) bond motifs is 3. The predicted octanol–water partition coefficient (Wildman–Crippen LogP) is 4.11. The number of aliphatic hydroxyl groups is 1. The molecule has 1 N–H and O–H groups in total. The van der Waals surface area contributed by atoms with Crippen LogP contribution < -0.4 is 5.63 Å². The summed E-state index contributed by atoms with van der Waals surface area (Å²) in [5.41, 5.74) is 1.35. The minimum Gasteiger partial charge on any atom is -0.431 e. The molecule has 2 heterocycles. The van der Waals surface area contributed by atoms with Crippen LogP contribution in [0.2, 0.25) is 0 Å². The average Bonchev–Trinajstić information content (AvgIpc) is 3.26. The lowest BCUT2D eigenvalue weighted by Gasteiger charge is -2.60. The average molecular weight is 385 g/mol. The van der Waals surface area contributed by atoms with E-state index in [1.165, 1.54) is 31.2 Å². The second-order valence-electron chi connectivity index (χ2n) is 10.9. The van der Waals surface area contributed by atoms with Crippen LogP contribution in [-0.2, 0) is 4.74 Å². The minimum absolute atomic E-state index is 0.0627. The topological polar surface area (TPSA) is 63.0 Å². The van der Waals surface area contributed by atoms with E-state index < -0.39 is 0 Å². The molecule has 1 aromatic rings. The van der Waals surface area contributed by atoms with Gasteiger partial charge >= 0.3 is 5.63 Å². The van der Waals surface area contributed by atoms with Gasteiger partial charge in [-0.1, -0.05) is 13.8 Å². The van der Waals surface area contributed by atoms with Crippen molar-refractivity contribution in [3.05, 3.63) is 34.4 Å². The first-order valence-corrected chi connectivity index (χ1v) is 11.4. The molecule has 4 nitrogen and oxygen atoms in total. The molecule has 152 valence electrons. The molecule has 1 saturated heterocycles. The monoisotopic (exact) mass is 384 g/mol. The zero-order chi connectivity index (χ0) is 19.3. The van der Waals surface area contributed by atoms with Crippen molar-refractivity contribution in [2.45, 2.75) is 82.5 Å². The summed E-state index contributed by atoms with van der Waals surface area (Å²) in [7, 11) is 0. The highest BCUT2D eigenvalue weighted by molar-refractivity contribution is 5.31. The van der Waals surface area contributed by atoms with E-state index in [9.17, 15) is 9.90 Å². The molecule has 0 radical (unpaired) electrons. The zero-order valence-corrected chi connectivity index (χ0v) is 17.0. The van der Waals surface area contributed by atoms with Crippen molar-refractivity contribution in [2.75, 3.05) is 0 Å². The van der Waals surface area contributed by atoms with Crippen LogP contribution in [-0.4, -0.2) is 22.9 Å². The Hall–Kier alpha value is -1.13. The van der Waals surface area contributed by atoms with Crippen molar-refractivity contribution in [3.8, 4) is 0 Å². The summed E-state index contributed by atoms with van der Waals surface area (Å²) < 4.78 is 11.8. The Kier molecular flexibility index (Phi) is 3.62. The van der Waals surface area contributed by atoms with Gasteiger partial charge in [0.1, 0.15) is 5.60 Å². The van der Waals surface area contributed by atoms with Gasteiger partial charge in [-0.15, -0.1) is 0 Å². The Morgan fingerprint density at radius 2 is 1.96 bits per heavy atom. The first-order chi connectivity index (χ1) is 13.4. The number of rotatable bonds is 1. The fourth-order valence-corrected chi connectivity index (χ4v) is 8.66. The zero-order valence-electron chi connectivity index (χ0n) is 17.0. The van der Waals surface area contributed by atoms with E-state index in [4.69, 9.17) is 9.15 Å². The molecule has 4 heteroatoms. The van der Waals surface area contributed by atoms with Crippen LogP contribution in [0.3, 0.4) is 0 Å². The quantitative estimate of drug-likeness (QED) is 0.740. The van der Waals surface area contributed by atoms with Crippen LogP contribution in [0, 0.1) is 35.0 Å². The standard InChI is InChI=1S/C24H32O4/c1-13-9-19-18(5-4-15-10-16(25)7-8-23(15,19)2)24-20(28-24)11-17(22(13)24)14-3-6-21(26)27-12-14/h3,6,12-13,15-20,22,25H,4-5,7-11H2,1-2H3/t13-,15-,16+,17-,18-,19+,20-,22?,23+,24-/m1/s1. The molecule has 10 atom stereocenters. The molecule has 1 aliphatic heterocycles. The van der Waals surface area contributed by atoms with Crippen LogP contribution in [0.1, 0.15) is 70.3 Å². The lowest BCUT2D eigenvalue weighted by atomic mass is 9.45. The molecule has 5 aliphatic rings. The highest BCUT2D eigenvalue weighted by Gasteiger charge is 2.77. The van der Waals surface area contributed by atoms with Crippen LogP contribution in [0.5, 0.6) is 0 Å². The van der Waals surface area contributed by atoms with E-state index in [0.29, 0.717) is 41.1 Å². The third-order valence-electron chi connectivity index (χ3n) is 9.85. The lowest BCUT2D eigenvalue weighted by Crippen LogP contribution is -2.57. The SMILES string of the molecule is C[C@@H]1C[C@H]2[C@@H](CC[C@@H]3C[C@@H](O)CC[C@@]32C)[C@@]23O[C@@H]2C[C@H](c2ccc(=O)oc2)C13.